The molecule has 0 saturated carbocycles. The minimum Gasteiger partial charge on any atom is -0.337 e. The predicted octanol–water partition coefficient (Wildman–Crippen LogP) is 1.59. The Labute approximate surface area is 136 Å². The SMILES string of the molecule is C=CCN1C(=O)CC[C@@]12CCCN(C(=O)c1ccnn1C)CC2. The van der Waals surface area contributed by atoms with Crippen molar-refractivity contribution in [2.24, 2.45) is 7.05 Å². The maximum absolute atomic E-state index is 12.7. The molecule has 1 atom stereocenters. The largest absolute Gasteiger partial charge is 0.337 e. The van der Waals surface area contributed by atoms with Crippen molar-refractivity contribution < 1.29 is 9.59 Å². The van der Waals surface area contributed by atoms with Crippen molar-refractivity contribution >= 4 is 11.8 Å². The molecule has 23 heavy (non-hydrogen) atoms. The van der Waals surface area contributed by atoms with Crippen LogP contribution in [0.1, 0.15) is 42.6 Å². The van der Waals surface area contributed by atoms with Crippen LogP contribution in [0.15, 0.2) is 24.9 Å². The minimum absolute atomic E-state index is 0.0293. The van der Waals surface area contributed by atoms with Crippen LogP contribution in [0.3, 0.4) is 0 Å². The minimum atomic E-state index is -0.0905. The van der Waals surface area contributed by atoms with E-state index in [1.54, 1.807) is 30.1 Å². The second kappa shape index (κ2) is 6.18. The molecule has 1 aromatic rings. The summed E-state index contributed by atoms with van der Waals surface area (Å²) in [6, 6.07) is 1.76. The number of carbonyl (C=O) groups is 2. The van der Waals surface area contributed by atoms with Crippen LogP contribution in [0.5, 0.6) is 0 Å². The van der Waals surface area contributed by atoms with Crippen molar-refractivity contribution in [2.75, 3.05) is 19.6 Å². The van der Waals surface area contributed by atoms with Crippen molar-refractivity contribution in [1.82, 2.24) is 19.6 Å². The fourth-order valence-electron chi connectivity index (χ4n) is 3.95. The molecule has 3 heterocycles. The number of likely N-dealkylation sites (tertiary alicyclic amines) is 2. The molecule has 0 aliphatic carbocycles. The molecule has 124 valence electrons. The van der Waals surface area contributed by atoms with Gasteiger partial charge in [-0.25, -0.2) is 0 Å². The van der Waals surface area contributed by atoms with Gasteiger partial charge in [0, 0.05) is 44.8 Å². The third kappa shape index (κ3) is 2.78. The molecule has 2 fully saturated rings. The third-order valence-corrected chi connectivity index (χ3v) is 5.23. The van der Waals surface area contributed by atoms with Crippen LogP contribution >= 0.6 is 0 Å². The van der Waals surface area contributed by atoms with E-state index in [4.69, 9.17) is 0 Å². The van der Waals surface area contributed by atoms with Gasteiger partial charge in [0.25, 0.3) is 5.91 Å². The monoisotopic (exact) mass is 316 g/mol. The maximum atomic E-state index is 12.7. The van der Waals surface area contributed by atoms with Gasteiger partial charge in [-0.2, -0.15) is 5.10 Å². The lowest BCUT2D eigenvalue weighted by molar-refractivity contribution is -0.130. The van der Waals surface area contributed by atoms with E-state index in [1.807, 2.05) is 9.80 Å². The molecule has 0 unspecified atom stereocenters. The van der Waals surface area contributed by atoms with Crippen molar-refractivity contribution in [3.8, 4) is 0 Å². The first-order chi connectivity index (χ1) is 11.1. The lowest BCUT2D eigenvalue weighted by Gasteiger charge is -2.37. The van der Waals surface area contributed by atoms with Crippen molar-refractivity contribution in [3.63, 3.8) is 0 Å². The van der Waals surface area contributed by atoms with Gasteiger partial charge in [0.15, 0.2) is 0 Å². The molecule has 0 bridgehead atoms. The Morgan fingerprint density at radius 2 is 2.22 bits per heavy atom. The van der Waals surface area contributed by atoms with Gasteiger partial charge in [0.1, 0.15) is 5.69 Å². The molecule has 2 aliphatic rings. The molecular formula is C17H24N4O2. The highest BCUT2D eigenvalue weighted by atomic mass is 16.2. The van der Waals surface area contributed by atoms with Gasteiger partial charge in [0.2, 0.25) is 5.91 Å². The van der Waals surface area contributed by atoms with Crippen LogP contribution in [0.25, 0.3) is 0 Å². The average Bonchev–Trinajstić information content (AvgIpc) is 3.00. The molecule has 6 heteroatoms. The standard InChI is InChI=1S/C17H24N4O2/c1-3-11-21-15(22)5-8-17(21)7-4-12-20(13-9-17)16(23)14-6-10-18-19(14)2/h3,6,10H,1,4-5,7-9,11-13H2,2H3/t17-/m1/s1. The summed E-state index contributed by atoms with van der Waals surface area (Å²) in [6.07, 6.45) is 7.68. The summed E-state index contributed by atoms with van der Waals surface area (Å²) in [5, 5.41) is 4.08. The number of aryl methyl sites for hydroxylation is 1. The van der Waals surface area contributed by atoms with Crippen LogP contribution in [-0.4, -0.2) is 56.6 Å². The average molecular weight is 316 g/mol. The van der Waals surface area contributed by atoms with Gasteiger partial charge in [-0.1, -0.05) is 6.08 Å². The smallest absolute Gasteiger partial charge is 0.272 e. The molecule has 2 saturated heterocycles. The molecule has 2 amide bonds. The van der Waals surface area contributed by atoms with Crippen LogP contribution in [-0.2, 0) is 11.8 Å². The van der Waals surface area contributed by atoms with Gasteiger partial charge in [-0.3, -0.25) is 14.3 Å². The van der Waals surface area contributed by atoms with Crippen LogP contribution in [0, 0.1) is 0 Å². The molecule has 1 spiro atoms. The zero-order valence-electron chi connectivity index (χ0n) is 13.7. The van der Waals surface area contributed by atoms with Crippen molar-refractivity contribution in [3.05, 3.63) is 30.6 Å². The van der Waals surface area contributed by atoms with Gasteiger partial charge in [-0.05, 0) is 31.7 Å². The lowest BCUT2D eigenvalue weighted by atomic mass is 9.87. The number of amides is 2. The summed E-state index contributed by atoms with van der Waals surface area (Å²) < 4.78 is 1.62. The summed E-state index contributed by atoms with van der Waals surface area (Å²) in [7, 11) is 1.79. The summed E-state index contributed by atoms with van der Waals surface area (Å²) in [5.41, 5.74) is 0.527. The Hall–Kier alpha value is -2.11. The Bertz CT molecular complexity index is 624. The Balaban J connectivity index is 1.74. The Morgan fingerprint density at radius 1 is 1.39 bits per heavy atom. The molecule has 6 nitrogen and oxygen atoms in total. The quantitative estimate of drug-likeness (QED) is 0.796. The van der Waals surface area contributed by atoms with Gasteiger partial charge >= 0.3 is 0 Å². The highest BCUT2D eigenvalue weighted by Gasteiger charge is 2.45. The number of carbonyl (C=O) groups excluding carboxylic acids is 2. The normalized spacial score (nSPS) is 25.0. The van der Waals surface area contributed by atoms with Crippen LogP contribution < -0.4 is 0 Å². The topological polar surface area (TPSA) is 58.4 Å². The highest BCUT2D eigenvalue weighted by molar-refractivity contribution is 5.92. The summed E-state index contributed by atoms with van der Waals surface area (Å²) in [4.78, 5) is 28.7. The number of hydrogen-bond donors (Lipinski definition) is 0. The van der Waals surface area contributed by atoms with Crippen LogP contribution in [0.2, 0.25) is 0 Å². The fourth-order valence-corrected chi connectivity index (χ4v) is 3.95. The molecule has 1 aromatic heterocycles. The summed E-state index contributed by atoms with van der Waals surface area (Å²) >= 11 is 0. The second-order valence-electron chi connectivity index (χ2n) is 6.50. The zero-order chi connectivity index (χ0) is 16.4. The Morgan fingerprint density at radius 3 is 2.91 bits per heavy atom. The first-order valence-electron chi connectivity index (χ1n) is 8.26. The van der Waals surface area contributed by atoms with Gasteiger partial charge in [0.05, 0.1) is 0 Å². The fraction of sp³-hybridized carbons (Fsp3) is 0.588. The van der Waals surface area contributed by atoms with E-state index in [9.17, 15) is 9.59 Å². The van der Waals surface area contributed by atoms with Gasteiger partial charge < -0.3 is 9.80 Å². The first kappa shape index (κ1) is 15.8. The molecule has 3 rings (SSSR count). The molecule has 0 radical (unpaired) electrons. The van der Waals surface area contributed by atoms with E-state index in [0.29, 0.717) is 25.2 Å². The maximum Gasteiger partial charge on any atom is 0.272 e. The van der Waals surface area contributed by atoms with Crippen LogP contribution in [0.4, 0.5) is 0 Å². The number of rotatable bonds is 3. The predicted molar refractivity (Wildman–Crippen MR) is 86.8 cm³/mol. The summed E-state index contributed by atoms with van der Waals surface area (Å²) in [5.74, 6) is 0.248. The molecule has 2 aliphatic heterocycles. The van der Waals surface area contributed by atoms with Crippen molar-refractivity contribution in [2.45, 2.75) is 37.6 Å². The second-order valence-corrected chi connectivity index (χ2v) is 6.50. The number of hydrogen-bond acceptors (Lipinski definition) is 3. The van der Waals surface area contributed by atoms with E-state index < -0.39 is 0 Å². The van der Waals surface area contributed by atoms with E-state index in [-0.39, 0.29) is 17.4 Å². The zero-order valence-corrected chi connectivity index (χ0v) is 13.7. The number of nitrogens with zero attached hydrogens (tertiary/aromatic N) is 4. The van der Waals surface area contributed by atoms with Crippen molar-refractivity contribution in [1.29, 1.82) is 0 Å². The van der Waals surface area contributed by atoms with E-state index in [2.05, 4.69) is 11.7 Å². The molecular weight excluding hydrogens is 292 g/mol. The third-order valence-electron chi connectivity index (χ3n) is 5.23. The number of aromatic nitrogens is 2. The molecule has 0 N–H and O–H groups in total. The molecule has 0 aromatic carbocycles. The van der Waals surface area contributed by atoms with E-state index in [0.717, 1.165) is 32.2 Å². The first-order valence-corrected chi connectivity index (χ1v) is 8.26. The van der Waals surface area contributed by atoms with E-state index >= 15 is 0 Å². The highest BCUT2D eigenvalue weighted by Crippen LogP contribution is 2.39. The van der Waals surface area contributed by atoms with Gasteiger partial charge in [-0.15, -0.1) is 6.58 Å². The van der Waals surface area contributed by atoms with E-state index in [1.165, 1.54) is 0 Å². The Kier molecular flexibility index (Phi) is 4.24. The lowest BCUT2D eigenvalue weighted by Crippen LogP contribution is -2.46. The summed E-state index contributed by atoms with van der Waals surface area (Å²) in [6.45, 7) is 5.81.